The first-order valence-electron chi connectivity index (χ1n) is 5.94. The van der Waals surface area contributed by atoms with E-state index in [1.807, 2.05) is 12.1 Å². The molecular formula is C12H13N5O3. The summed E-state index contributed by atoms with van der Waals surface area (Å²) in [6.07, 6.45) is 5.55. The van der Waals surface area contributed by atoms with Gasteiger partial charge in [0.1, 0.15) is 0 Å². The number of amides is 1. The average molecular weight is 275 g/mol. The molecular weight excluding hydrogens is 262 g/mol. The SMILES string of the molecule is O=C(O)Cn1ncc(NC(=O)CCc2ccncc2)n1. The molecule has 0 atom stereocenters. The van der Waals surface area contributed by atoms with E-state index in [-0.39, 0.29) is 18.3 Å². The first-order chi connectivity index (χ1) is 9.63. The highest BCUT2D eigenvalue weighted by atomic mass is 16.4. The molecule has 2 heterocycles. The van der Waals surface area contributed by atoms with Crippen LogP contribution in [0.1, 0.15) is 12.0 Å². The maximum absolute atomic E-state index is 11.7. The molecule has 0 aliphatic rings. The number of rotatable bonds is 6. The Bertz CT molecular complexity index is 596. The number of aromatic nitrogens is 4. The van der Waals surface area contributed by atoms with Crippen LogP contribution in [0.5, 0.6) is 0 Å². The molecule has 0 radical (unpaired) electrons. The minimum atomic E-state index is -1.05. The number of pyridine rings is 1. The topological polar surface area (TPSA) is 110 Å². The predicted octanol–water partition coefficient (Wildman–Crippen LogP) is 0.329. The van der Waals surface area contributed by atoms with E-state index < -0.39 is 5.97 Å². The maximum atomic E-state index is 11.7. The maximum Gasteiger partial charge on any atom is 0.327 e. The van der Waals surface area contributed by atoms with Gasteiger partial charge in [-0.3, -0.25) is 14.6 Å². The Morgan fingerprint density at radius 3 is 2.75 bits per heavy atom. The monoisotopic (exact) mass is 275 g/mol. The zero-order valence-electron chi connectivity index (χ0n) is 10.6. The fourth-order valence-corrected chi connectivity index (χ4v) is 1.56. The van der Waals surface area contributed by atoms with Crippen LogP contribution < -0.4 is 5.32 Å². The standard InChI is InChI=1S/C12H13N5O3/c18-11(2-1-9-3-5-13-6-4-9)15-10-7-14-17(16-10)8-12(19)20/h3-7H,1-2,8H2,(H,19,20)(H,15,16,18). The van der Waals surface area contributed by atoms with Gasteiger partial charge in [-0.15, -0.1) is 5.10 Å². The van der Waals surface area contributed by atoms with Gasteiger partial charge in [-0.1, -0.05) is 0 Å². The molecule has 8 heteroatoms. The minimum Gasteiger partial charge on any atom is -0.480 e. The number of aryl methyl sites for hydroxylation is 1. The van der Waals surface area contributed by atoms with E-state index in [4.69, 9.17) is 5.11 Å². The number of carbonyl (C=O) groups is 2. The first kappa shape index (κ1) is 13.7. The highest BCUT2D eigenvalue weighted by molar-refractivity contribution is 5.89. The largest absolute Gasteiger partial charge is 0.480 e. The van der Waals surface area contributed by atoms with Crippen molar-refractivity contribution in [1.29, 1.82) is 0 Å². The Balaban J connectivity index is 1.82. The van der Waals surface area contributed by atoms with Crippen molar-refractivity contribution in [2.75, 3.05) is 5.32 Å². The summed E-state index contributed by atoms with van der Waals surface area (Å²) in [4.78, 5) is 27.1. The van der Waals surface area contributed by atoms with Crippen molar-refractivity contribution in [2.45, 2.75) is 19.4 Å². The lowest BCUT2D eigenvalue weighted by Crippen LogP contribution is -2.14. The molecule has 0 aliphatic heterocycles. The molecule has 2 rings (SSSR count). The van der Waals surface area contributed by atoms with Gasteiger partial charge in [0.25, 0.3) is 0 Å². The lowest BCUT2D eigenvalue weighted by Gasteiger charge is -2.01. The smallest absolute Gasteiger partial charge is 0.327 e. The summed E-state index contributed by atoms with van der Waals surface area (Å²) in [6.45, 7) is -0.340. The predicted molar refractivity (Wildman–Crippen MR) is 68.8 cm³/mol. The van der Waals surface area contributed by atoms with Crippen LogP contribution >= 0.6 is 0 Å². The highest BCUT2D eigenvalue weighted by Gasteiger charge is 2.08. The minimum absolute atomic E-state index is 0.204. The number of nitrogens with zero attached hydrogens (tertiary/aromatic N) is 4. The summed E-state index contributed by atoms with van der Waals surface area (Å²) in [5.41, 5.74) is 1.02. The van der Waals surface area contributed by atoms with E-state index in [1.54, 1.807) is 12.4 Å². The molecule has 0 unspecified atom stereocenters. The van der Waals surface area contributed by atoms with Gasteiger partial charge in [0.05, 0.1) is 6.20 Å². The van der Waals surface area contributed by atoms with E-state index in [1.165, 1.54) is 6.20 Å². The number of carboxylic acids is 1. The van der Waals surface area contributed by atoms with Crippen LogP contribution in [-0.4, -0.2) is 37.0 Å². The Labute approximate surface area is 114 Å². The fourth-order valence-electron chi connectivity index (χ4n) is 1.56. The van der Waals surface area contributed by atoms with Gasteiger partial charge in [0.2, 0.25) is 5.91 Å². The third-order valence-electron chi connectivity index (χ3n) is 2.47. The number of carbonyl (C=O) groups excluding carboxylic acids is 1. The highest BCUT2D eigenvalue weighted by Crippen LogP contribution is 2.04. The van der Waals surface area contributed by atoms with Crippen LogP contribution in [0.3, 0.4) is 0 Å². The number of hydrogen-bond acceptors (Lipinski definition) is 5. The second kappa shape index (κ2) is 6.41. The Hall–Kier alpha value is -2.77. The van der Waals surface area contributed by atoms with Gasteiger partial charge < -0.3 is 10.4 Å². The van der Waals surface area contributed by atoms with Gasteiger partial charge >= 0.3 is 5.97 Å². The van der Waals surface area contributed by atoms with Crippen LogP contribution in [-0.2, 0) is 22.6 Å². The Morgan fingerprint density at radius 1 is 1.30 bits per heavy atom. The summed E-state index contributed by atoms with van der Waals surface area (Å²) in [7, 11) is 0. The molecule has 0 aliphatic carbocycles. The Morgan fingerprint density at radius 2 is 2.05 bits per heavy atom. The zero-order chi connectivity index (χ0) is 14.4. The molecule has 0 spiro atoms. The molecule has 20 heavy (non-hydrogen) atoms. The van der Waals surface area contributed by atoms with Crippen LogP contribution in [0, 0.1) is 0 Å². The summed E-state index contributed by atoms with van der Waals surface area (Å²) in [5, 5.41) is 18.7. The molecule has 8 nitrogen and oxygen atoms in total. The second-order valence-electron chi connectivity index (χ2n) is 4.06. The first-order valence-corrected chi connectivity index (χ1v) is 5.94. The van der Waals surface area contributed by atoms with Gasteiger partial charge in [-0.2, -0.15) is 9.90 Å². The van der Waals surface area contributed by atoms with E-state index in [0.29, 0.717) is 12.8 Å². The van der Waals surface area contributed by atoms with Gasteiger partial charge in [-0.05, 0) is 24.1 Å². The van der Waals surface area contributed by atoms with E-state index in [2.05, 4.69) is 20.5 Å². The van der Waals surface area contributed by atoms with Crippen molar-refractivity contribution in [1.82, 2.24) is 20.0 Å². The summed E-state index contributed by atoms with van der Waals surface area (Å²) >= 11 is 0. The molecule has 1 amide bonds. The number of nitrogens with one attached hydrogen (secondary N) is 1. The van der Waals surface area contributed by atoms with Crippen LogP contribution in [0.25, 0.3) is 0 Å². The quantitative estimate of drug-likeness (QED) is 0.786. The summed E-state index contributed by atoms with van der Waals surface area (Å²) < 4.78 is 0. The van der Waals surface area contributed by atoms with Crippen LogP contribution in [0.15, 0.2) is 30.7 Å². The van der Waals surface area contributed by atoms with Crippen molar-refractivity contribution in [3.8, 4) is 0 Å². The third-order valence-corrected chi connectivity index (χ3v) is 2.47. The molecule has 2 aromatic heterocycles. The average Bonchev–Trinajstić information content (AvgIpc) is 2.84. The van der Waals surface area contributed by atoms with Crippen LogP contribution in [0.4, 0.5) is 5.82 Å². The van der Waals surface area contributed by atoms with E-state index in [0.717, 1.165) is 10.4 Å². The van der Waals surface area contributed by atoms with Gasteiger partial charge in [0.15, 0.2) is 12.4 Å². The van der Waals surface area contributed by atoms with E-state index in [9.17, 15) is 9.59 Å². The normalized spacial score (nSPS) is 10.2. The number of anilines is 1. The van der Waals surface area contributed by atoms with Crippen molar-refractivity contribution >= 4 is 17.7 Å². The molecule has 0 saturated heterocycles. The molecule has 0 fully saturated rings. The van der Waals surface area contributed by atoms with Crippen molar-refractivity contribution in [3.63, 3.8) is 0 Å². The van der Waals surface area contributed by atoms with Gasteiger partial charge in [0, 0.05) is 18.8 Å². The Kier molecular flexibility index (Phi) is 4.38. The molecule has 0 aromatic carbocycles. The van der Waals surface area contributed by atoms with E-state index >= 15 is 0 Å². The van der Waals surface area contributed by atoms with Crippen molar-refractivity contribution < 1.29 is 14.7 Å². The lowest BCUT2D eigenvalue weighted by atomic mass is 10.1. The fraction of sp³-hybridized carbons (Fsp3) is 0.250. The third kappa shape index (κ3) is 4.16. The molecule has 104 valence electrons. The van der Waals surface area contributed by atoms with Crippen molar-refractivity contribution in [3.05, 3.63) is 36.3 Å². The number of hydrogen-bond donors (Lipinski definition) is 2. The molecule has 0 bridgehead atoms. The van der Waals surface area contributed by atoms with Gasteiger partial charge in [-0.25, -0.2) is 0 Å². The molecule has 2 N–H and O–H groups in total. The lowest BCUT2D eigenvalue weighted by molar-refractivity contribution is -0.138. The number of carboxylic acid groups (broad SMARTS) is 1. The summed E-state index contributed by atoms with van der Waals surface area (Å²) in [6, 6.07) is 3.69. The van der Waals surface area contributed by atoms with Crippen molar-refractivity contribution in [2.24, 2.45) is 0 Å². The molecule has 2 aromatic rings. The number of aliphatic carboxylic acids is 1. The molecule has 0 saturated carbocycles. The summed E-state index contributed by atoms with van der Waals surface area (Å²) in [5.74, 6) is -1.01. The van der Waals surface area contributed by atoms with Crippen LogP contribution in [0.2, 0.25) is 0 Å². The zero-order valence-corrected chi connectivity index (χ0v) is 10.6. The second-order valence-corrected chi connectivity index (χ2v) is 4.06.